The molecule has 1 fully saturated rings. The van der Waals surface area contributed by atoms with Crippen LogP contribution >= 0.6 is 0 Å². The van der Waals surface area contributed by atoms with Gasteiger partial charge in [-0.05, 0) is 6.07 Å². The molecule has 146 valence electrons. The normalized spacial score (nSPS) is 21.8. The lowest BCUT2D eigenvalue weighted by atomic mass is 10.1. The molecule has 0 saturated carbocycles. The summed E-state index contributed by atoms with van der Waals surface area (Å²) in [6.07, 6.45) is 1.68. The first-order valence-electron chi connectivity index (χ1n) is 8.60. The van der Waals surface area contributed by atoms with Crippen molar-refractivity contribution in [2.24, 2.45) is 0 Å². The number of hydrogen-bond acceptors (Lipinski definition) is 8. The lowest BCUT2D eigenvalue weighted by molar-refractivity contribution is -0.137. The number of likely N-dealkylation sites (N-methyl/N-ethyl adjacent to an activating group) is 1. The molecule has 4 heterocycles. The van der Waals surface area contributed by atoms with Crippen LogP contribution in [-0.2, 0) is 9.53 Å². The number of fused-ring (bicyclic) bond motifs is 1. The second-order valence-electron chi connectivity index (χ2n) is 6.29. The molecule has 0 radical (unpaired) electrons. The minimum Gasteiger partial charge on any atom is -0.390 e. The predicted octanol–water partition coefficient (Wildman–Crippen LogP) is 0.463. The van der Waals surface area contributed by atoms with Gasteiger partial charge in [0, 0.05) is 32.3 Å². The van der Waals surface area contributed by atoms with Crippen LogP contribution in [0.2, 0.25) is 0 Å². The van der Waals surface area contributed by atoms with Crippen LogP contribution in [0.3, 0.4) is 0 Å². The maximum absolute atomic E-state index is 13.6. The van der Waals surface area contributed by atoms with Crippen LogP contribution < -0.4 is 10.6 Å². The van der Waals surface area contributed by atoms with Crippen molar-refractivity contribution in [3.63, 3.8) is 0 Å². The lowest BCUT2D eigenvalue weighted by Crippen LogP contribution is -2.38. The lowest BCUT2D eigenvalue weighted by Gasteiger charge is -2.15. The van der Waals surface area contributed by atoms with Gasteiger partial charge in [-0.3, -0.25) is 14.3 Å². The number of carbonyl (C=O) groups excluding carboxylic acids is 1. The first-order valence-corrected chi connectivity index (χ1v) is 8.60. The number of hydrogen-bond donors (Lipinski definition) is 3. The largest absolute Gasteiger partial charge is 0.390 e. The molecule has 0 unspecified atom stereocenters. The molecule has 11 heteroatoms. The van der Waals surface area contributed by atoms with Gasteiger partial charge in [-0.2, -0.15) is 0 Å². The van der Waals surface area contributed by atoms with Gasteiger partial charge in [0.2, 0.25) is 0 Å². The van der Waals surface area contributed by atoms with E-state index in [1.807, 2.05) is 0 Å². The smallest absolute Gasteiger partial charge is 0.251 e. The molecule has 1 amide bonds. The standard InChI is InChI=1S/C17H18FN7O3/c1-19-15-12-16(24-14(23-15)8-3-9(18)6-21-5-8)25(7-22-12)11-4-10(26)13(28-11)17(27)20-2/h3,5-7,10-11,13,26H,4H2,1-2H3,(H,20,27)(H,19,23,24)/t10-,11+,13-/m0/s1. The molecule has 0 aliphatic carbocycles. The van der Waals surface area contributed by atoms with Crippen molar-refractivity contribution in [1.82, 2.24) is 29.8 Å². The van der Waals surface area contributed by atoms with Crippen LogP contribution in [0, 0.1) is 5.82 Å². The third-order valence-corrected chi connectivity index (χ3v) is 4.53. The van der Waals surface area contributed by atoms with E-state index in [1.54, 1.807) is 11.6 Å². The van der Waals surface area contributed by atoms with E-state index in [0.29, 0.717) is 22.5 Å². The molecular formula is C17H18FN7O3. The van der Waals surface area contributed by atoms with E-state index < -0.39 is 30.2 Å². The number of nitrogens with zero attached hydrogens (tertiary/aromatic N) is 5. The molecule has 0 bridgehead atoms. The third kappa shape index (κ3) is 3.04. The van der Waals surface area contributed by atoms with Crippen molar-refractivity contribution in [1.29, 1.82) is 0 Å². The Morgan fingerprint density at radius 1 is 1.36 bits per heavy atom. The number of aliphatic hydroxyl groups excluding tert-OH is 1. The van der Waals surface area contributed by atoms with Crippen LogP contribution in [0.1, 0.15) is 12.6 Å². The molecule has 4 rings (SSSR count). The molecule has 3 atom stereocenters. The number of halogens is 1. The van der Waals surface area contributed by atoms with E-state index in [1.165, 1.54) is 25.6 Å². The number of aromatic nitrogens is 5. The van der Waals surface area contributed by atoms with Gasteiger partial charge in [0.1, 0.15) is 12.0 Å². The number of rotatable bonds is 4. The molecular weight excluding hydrogens is 369 g/mol. The van der Waals surface area contributed by atoms with Gasteiger partial charge < -0.3 is 20.5 Å². The number of amides is 1. The van der Waals surface area contributed by atoms with E-state index >= 15 is 0 Å². The van der Waals surface area contributed by atoms with Crippen molar-refractivity contribution in [3.8, 4) is 11.4 Å². The third-order valence-electron chi connectivity index (χ3n) is 4.53. The quantitative estimate of drug-likeness (QED) is 0.589. The van der Waals surface area contributed by atoms with Gasteiger partial charge in [0.05, 0.1) is 18.6 Å². The molecule has 0 spiro atoms. The van der Waals surface area contributed by atoms with E-state index in [-0.39, 0.29) is 12.2 Å². The molecule has 1 aliphatic heterocycles. The summed E-state index contributed by atoms with van der Waals surface area (Å²) < 4.78 is 20.9. The number of nitrogens with one attached hydrogen (secondary N) is 2. The summed E-state index contributed by atoms with van der Waals surface area (Å²) in [7, 11) is 3.16. The summed E-state index contributed by atoms with van der Waals surface area (Å²) in [5, 5.41) is 15.6. The van der Waals surface area contributed by atoms with E-state index in [4.69, 9.17) is 4.74 Å². The van der Waals surface area contributed by atoms with Crippen LogP contribution in [0.5, 0.6) is 0 Å². The average Bonchev–Trinajstić information content (AvgIpc) is 3.29. The van der Waals surface area contributed by atoms with Crippen LogP contribution in [0.25, 0.3) is 22.6 Å². The topological polar surface area (TPSA) is 127 Å². The van der Waals surface area contributed by atoms with Gasteiger partial charge >= 0.3 is 0 Å². The molecule has 3 aromatic rings. The maximum atomic E-state index is 13.6. The maximum Gasteiger partial charge on any atom is 0.251 e. The summed E-state index contributed by atoms with van der Waals surface area (Å²) in [5.74, 6) is -0.204. The second kappa shape index (κ2) is 7.09. The average molecular weight is 387 g/mol. The number of carbonyl (C=O) groups is 1. The number of imidazole rings is 1. The van der Waals surface area contributed by atoms with Crippen molar-refractivity contribution < 1.29 is 19.0 Å². The van der Waals surface area contributed by atoms with Crippen molar-refractivity contribution >= 4 is 22.9 Å². The van der Waals surface area contributed by atoms with Gasteiger partial charge in [-0.15, -0.1) is 0 Å². The number of pyridine rings is 1. The zero-order valence-corrected chi connectivity index (χ0v) is 15.1. The number of aliphatic hydroxyl groups is 1. The Kier molecular flexibility index (Phi) is 4.61. The summed E-state index contributed by atoms with van der Waals surface area (Å²) >= 11 is 0. The molecule has 1 saturated heterocycles. The zero-order valence-electron chi connectivity index (χ0n) is 15.1. The molecule has 3 aromatic heterocycles. The first kappa shape index (κ1) is 18.2. The molecule has 0 aromatic carbocycles. The highest BCUT2D eigenvalue weighted by Gasteiger charge is 2.40. The predicted molar refractivity (Wildman–Crippen MR) is 96.7 cm³/mol. The summed E-state index contributed by atoms with van der Waals surface area (Å²) in [6, 6.07) is 1.28. The van der Waals surface area contributed by atoms with Crippen molar-refractivity contribution in [2.45, 2.75) is 24.9 Å². The van der Waals surface area contributed by atoms with E-state index in [2.05, 4.69) is 30.6 Å². The van der Waals surface area contributed by atoms with Gasteiger partial charge in [-0.1, -0.05) is 0 Å². The van der Waals surface area contributed by atoms with E-state index in [9.17, 15) is 14.3 Å². The highest BCUT2D eigenvalue weighted by atomic mass is 19.1. The molecule has 10 nitrogen and oxygen atoms in total. The van der Waals surface area contributed by atoms with Crippen LogP contribution in [-0.4, -0.2) is 61.8 Å². The fourth-order valence-electron chi connectivity index (χ4n) is 3.17. The molecule has 28 heavy (non-hydrogen) atoms. The fraction of sp³-hybridized carbons (Fsp3) is 0.353. The second-order valence-corrected chi connectivity index (χ2v) is 6.29. The van der Waals surface area contributed by atoms with Gasteiger partial charge in [-0.25, -0.2) is 19.3 Å². The molecule has 1 aliphatic rings. The summed E-state index contributed by atoms with van der Waals surface area (Å²) in [6.45, 7) is 0. The fourth-order valence-corrected chi connectivity index (χ4v) is 3.17. The minimum atomic E-state index is -0.982. The van der Waals surface area contributed by atoms with E-state index in [0.717, 1.165) is 6.20 Å². The Labute approximate surface area is 158 Å². The van der Waals surface area contributed by atoms with Gasteiger partial charge in [0.25, 0.3) is 5.91 Å². The van der Waals surface area contributed by atoms with Crippen molar-refractivity contribution in [3.05, 3.63) is 30.6 Å². The highest BCUT2D eigenvalue weighted by Crippen LogP contribution is 2.33. The molecule has 3 N–H and O–H groups in total. The highest BCUT2D eigenvalue weighted by molar-refractivity contribution is 5.85. The minimum absolute atomic E-state index is 0.194. The monoisotopic (exact) mass is 387 g/mol. The van der Waals surface area contributed by atoms with Crippen molar-refractivity contribution in [2.75, 3.05) is 19.4 Å². The van der Waals surface area contributed by atoms with Crippen LogP contribution in [0.15, 0.2) is 24.8 Å². The van der Waals surface area contributed by atoms with Crippen LogP contribution in [0.4, 0.5) is 10.2 Å². The number of ether oxygens (including phenoxy) is 1. The Morgan fingerprint density at radius 3 is 2.89 bits per heavy atom. The zero-order chi connectivity index (χ0) is 19.8. The Hall–Kier alpha value is -3.18. The first-order chi connectivity index (χ1) is 13.5. The SMILES string of the molecule is CNC(=O)[C@H]1O[C@@H](n2cnc3c(NC)nc(-c4cncc(F)c4)nc32)C[C@@H]1O. The summed E-state index contributed by atoms with van der Waals surface area (Å²) in [5.41, 5.74) is 1.31. The Bertz CT molecular complexity index is 1040. The Morgan fingerprint density at radius 2 is 2.18 bits per heavy atom. The number of anilines is 1. The van der Waals surface area contributed by atoms with Gasteiger partial charge in [0.15, 0.2) is 28.9 Å². The summed E-state index contributed by atoms with van der Waals surface area (Å²) in [4.78, 5) is 28.9. The Balaban J connectivity index is 1.78.